The van der Waals surface area contributed by atoms with E-state index in [2.05, 4.69) is 16.5 Å². The number of fused-ring (bicyclic) bond motifs is 1. The van der Waals surface area contributed by atoms with Gasteiger partial charge in [-0.2, -0.15) is 0 Å². The molecule has 9 heavy (non-hydrogen) atoms. The second-order valence-electron chi connectivity index (χ2n) is 2.93. The summed E-state index contributed by atoms with van der Waals surface area (Å²) in [7, 11) is 0. The molecule has 0 bridgehead atoms. The highest BCUT2D eigenvalue weighted by atomic mass is 14.9. The first kappa shape index (κ1) is 5.42. The fourth-order valence-corrected chi connectivity index (χ4v) is 1.67. The molecule has 50 valence electrons. The summed E-state index contributed by atoms with van der Waals surface area (Å²) in [6.07, 6.45) is 3.45. The van der Waals surface area contributed by atoms with Gasteiger partial charge >= 0.3 is 0 Å². The summed E-state index contributed by atoms with van der Waals surface area (Å²) in [5.74, 6) is 1.64. The maximum absolute atomic E-state index is 4.26. The fourth-order valence-electron chi connectivity index (χ4n) is 1.67. The smallest absolute Gasteiger partial charge is 0.0420 e. The van der Waals surface area contributed by atoms with E-state index >= 15 is 0 Å². The van der Waals surface area contributed by atoms with Gasteiger partial charge in [0.15, 0.2) is 0 Å². The van der Waals surface area contributed by atoms with Gasteiger partial charge in [0.05, 0.1) is 0 Å². The molecule has 0 saturated carbocycles. The SMILES string of the molecule is C1=NCC2CCNCC12. The minimum Gasteiger partial charge on any atom is -0.316 e. The first-order valence-corrected chi connectivity index (χ1v) is 3.67. The molecule has 0 aromatic rings. The zero-order valence-electron chi connectivity index (χ0n) is 5.51. The van der Waals surface area contributed by atoms with Crippen LogP contribution in [0, 0.1) is 11.8 Å². The van der Waals surface area contributed by atoms with Gasteiger partial charge < -0.3 is 5.32 Å². The van der Waals surface area contributed by atoms with Crippen LogP contribution in [-0.2, 0) is 0 Å². The second kappa shape index (κ2) is 2.10. The highest BCUT2D eigenvalue weighted by Gasteiger charge is 2.25. The first-order valence-electron chi connectivity index (χ1n) is 3.67. The van der Waals surface area contributed by atoms with Gasteiger partial charge in [0.25, 0.3) is 0 Å². The molecule has 2 heterocycles. The average molecular weight is 124 g/mol. The Bertz CT molecular complexity index is 131. The number of nitrogens with one attached hydrogen (secondary N) is 1. The highest BCUT2D eigenvalue weighted by molar-refractivity contribution is 5.64. The van der Waals surface area contributed by atoms with Gasteiger partial charge in [-0.15, -0.1) is 0 Å². The monoisotopic (exact) mass is 124 g/mol. The molecule has 1 N–H and O–H groups in total. The van der Waals surface area contributed by atoms with Crippen LogP contribution in [0.25, 0.3) is 0 Å². The van der Waals surface area contributed by atoms with E-state index in [1.807, 2.05) is 0 Å². The van der Waals surface area contributed by atoms with Crippen LogP contribution in [0.2, 0.25) is 0 Å². The van der Waals surface area contributed by atoms with Crippen LogP contribution < -0.4 is 5.32 Å². The third-order valence-electron chi connectivity index (χ3n) is 2.31. The Kier molecular flexibility index (Phi) is 1.27. The van der Waals surface area contributed by atoms with Crippen LogP contribution in [0.5, 0.6) is 0 Å². The number of piperidine rings is 1. The lowest BCUT2D eigenvalue weighted by molar-refractivity contribution is 0.349. The van der Waals surface area contributed by atoms with Crippen molar-refractivity contribution in [2.75, 3.05) is 19.6 Å². The van der Waals surface area contributed by atoms with E-state index in [9.17, 15) is 0 Å². The summed E-state index contributed by atoms with van der Waals surface area (Å²) in [5.41, 5.74) is 0. The van der Waals surface area contributed by atoms with E-state index in [1.165, 1.54) is 13.0 Å². The quantitative estimate of drug-likeness (QED) is 0.493. The van der Waals surface area contributed by atoms with Crippen molar-refractivity contribution in [3.05, 3.63) is 0 Å². The zero-order valence-corrected chi connectivity index (χ0v) is 5.51. The number of hydrogen-bond donors (Lipinski definition) is 1. The predicted molar refractivity (Wildman–Crippen MR) is 37.8 cm³/mol. The second-order valence-corrected chi connectivity index (χ2v) is 2.93. The summed E-state index contributed by atoms with van der Waals surface area (Å²) in [6.45, 7) is 3.45. The normalized spacial score (nSPS) is 40.9. The number of hydrogen-bond acceptors (Lipinski definition) is 2. The predicted octanol–water partition coefficient (Wildman–Crippen LogP) is 0.297. The molecule has 2 aliphatic heterocycles. The van der Waals surface area contributed by atoms with Crippen molar-refractivity contribution in [1.82, 2.24) is 5.32 Å². The molecule has 1 saturated heterocycles. The molecule has 0 spiro atoms. The van der Waals surface area contributed by atoms with Gasteiger partial charge in [0.2, 0.25) is 0 Å². The average Bonchev–Trinajstić information content (AvgIpc) is 2.33. The van der Waals surface area contributed by atoms with Crippen LogP contribution >= 0.6 is 0 Å². The third-order valence-corrected chi connectivity index (χ3v) is 2.31. The molecular formula is C7H12N2. The van der Waals surface area contributed by atoms with E-state index in [0.717, 1.165) is 24.9 Å². The van der Waals surface area contributed by atoms with Crippen molar-refractivity contribution in [2.45, 2.75) is 6.42 Å². The fraction of sp³-hybridized carbons (Fsp3) is 0.857. The van der Waals surface area contributed by atoms with Crippen molar-refractivity contribution >= 4 is 6.21 Å². The molecule has 2 nitrogen and oxygen atoms in total. The first-order chi connectivity index (χ1) is 4.47. The van der Waals surface area contributed by atoms with Crippen molar-refractivity contribution in [3.8, 4) is 0 Å². The molecule has 0 aromatic heterocycles. The van der Waals surface area contributed by atoms with Crippen molar-refractivity contribution in [2.24, 2.45) is 16.8 Å². The van der Waals surface area contributed by atoms with Crippen molar-refractivity contribution in [1.29, 1.82) is 0 Å². The van der Waals surface area contributed by atoms with Crippen molar-refractivity contribution < 1.29 is 0 Å². The Morgan fingerprint density at radius 3 is 3.44 bits per heavy atom. The van der Waals surface area contributed by atoms with Gasteiger partial charge in [-0.1, -0.05) is 0 Å². The summed E-state index contributed by atoms with van der Waals surface area (Å²) < 4.78 is 0. The standard InChI is InChI=1S/C7H12N2/c1-2-8-4-7-5-9-3-6(1)7/h5-8H,1-4H2. The molecule has 0 amide bonds. The maximum atomic E-state index is 4.26. The summed E-state index contributed by atoms with van der Waals surface area (Å²) >= 11 is 0. The topological polar surface area (TPSA) is 24.4 Å². The Labute approximate surface area is 55.4 Å². The minimum absolute atomic E-state index is 0.763. The van der Waals surface area contributed by atoms with Crippen LogP contribution in [0.15, 0.2) is 4.99 Å². The van der Waals surface area contributed by atoms with E-state index < -0.39 is 0 Å². The Hall–Kier alpha value is -0.370. The molecule has 0 aromatic carbocycles. The number of rotatable bonds is 0. The zero-order chi connectivity index (χ0) is 6.10. The lowest BCUT2D eigenvalue weighted by Gasteiger charge is -2.23. The number of aliphatic imine (C=N–C) groups is 1. The lowest BCUT2D eigenvalue weighted by Crippen LogP contribution is -2.35. The van der Waals surface area contributed by atoms with Gasteiger partial charge in [0, 0.05) is 25.2 Å². The molecule has 2 atom stereocenters. The summed E-state index contributed by atoms with van der Waals surface area (Å²) in [4.78, 5) is 4.26. The molecule has 2 unspecified atom stereocenters. The summed E-state index contributed by atoms with van der Waals surface area (Å²) in [6, 6.07) is 0. The Morgan fingerprint density at radius 2 is 2.56 bits per heavy atom. The van der Waals surface area contributed by atoms with E-state index in [0.29, 0.717) is 0 Å². The van der Waals surface area contributed by atoms with Gasteiger partial charge in [-0.05, 0) is 18.9 Å². The maximum Gasteiger partial charge on any atom is 0.0420 e. The molecule has 2 rings (SSSR count). The van der Waals surface area contributed by atoms with E-state index in [-0.39, 0.29) is 0 Å². The molecular weight excluding hydrogens is 112 g/mol. The summed E-state index contributed by atoms with van der Waals surface area (Å²) in [5, 5.41) is 3.36. The Morgan fingerprint density at radius 1 is 1.56 bits per heavy atom. The van der Waals surface area contributed by atoms with Crippen LogP contribution in [0.1, 0.15) is 6.42 Å². The Balaban J connectivity index is 2.03. The van der Waals surface area contributed by atoms with Crippen LogP contribution in [0.4, 0.5) is 0 Å². The minimum atomic E-state index is 0.763. The van der Waals surface area contributed by atoms with Gasteiger partial charge in [0.1, 0.15) is 0 Å². The molecule has 2 aliphatic rings. The van der Waals surface area contributed by atoms with Gasteiger partial charge in [-0.25, -0.2) is 0 Å². The largest absolute Gasteiger partial charge is 0.316 e. The molecule has 0 aliphatic carbocycles. The van der Waals surface area contributed by atoms with Crippen molar-refractivity contribution in [3.63, 3.8) is 0 Å². The molecule has 1 fully saturated rings. The van der Waals surface area contributed by atoms with E-state index in [1.54, 1.807) is 0 Å². The third kappa shape index (κ3) is 0.874. The van der Waals surface area contributed by atoms with Crippen LogP contribution in [-0.4, -0.2) is 25.8 Å². The highest BCUT2D eigenvalue weighted by Crippen LogP contribution is 2.21. The molecule has 0 radical (unpaired) electrons. The number of nitrogens with zero attached hydrogens (tertiary/aromatic N) is 1. The lowest BCUT2D eigenvalue weighted by atomic mass is 9.90. The van der Waals surface area contributed by atoms with Gasteiger partial charge in [-0.3, -0.25) is 4.99 Å². The van der Waals surface area contributed by atoms with Crippen LogP contribution in [0.3, 0.4) is 0 Å². The molecule has 2 heteroatoms. The van der Waals surface area contributed by atoms with E-state index in [4.69, 9.17) is 0 Å².